The fraction of sp³-hybridized carbons (Fsp3) is 0.696. The van der Waals surface area contributed by atoms with Gasteiger partial charge in [-0.1, -0.05) is 51.9 Å². The van der Waals surface area contributed by atoms with Crippen molar-refractivity contribution in [2.75, 3.05) is 25.0 Å². The van der Waals surface area contributed by atoms with Gasteiger partial charge in [0.05, 0.1) is 18.8 Å². The highest BCUT2D eigenvalue weighted by molar-refractivity contribution is 5.89. The zero-order valence-electron chi connectivity index (χ0n) is 17.9. The number of carbonyl (C=O) groups excluding carboxylic acids is 1. The van der Waals surface area contributed by atoms with Gasteiger partial charge in [-0.25, -0.2) is 4.79 Å². The summed E-state index contributed by atoms with van der Waals surface area (Å²) in [5, 5.41) is 2.96. The lowest BCUT2D eigenvalue weighted by atomic mass is 10.1. The van der Waals surface area contributed by atoms with Gasteiger partial charge in [0.25, 0.3) is 0 Å². The molecule has 28 heavy (non-hydrogen) atoms. The van der Waals surface area contributed by atoms with Crippen LogP contribution >= 0.6 is 0 Å². The summed E-state index contributed by atoms with van der Waals surface area (Å²) in [7, 11) is 0. The van der Waals surface area contributed by atoms with Crippen molar-refractivity contribution in [1.29, 1.82) is 0 Å². The SMILES string of the molecule is CCCCCCCCCCOc1ccc(NC(=O)N2C[C@@H](C)O[C@@H](C)C2)cc1. The molecule has 1 fully saturated rings. The lowest BCUT2D eigenvalue weighted by Crippen LogP contribution is -2.49. The summed E-state index contributed by atoms with van der Waals surface area (Å²) in [5.41, 5.74) is 0.788. The third kappa shape index (κ3) is 8.51. The molecular formula is C23H38N2O3. The monoisotopic (exact) mass is 390 g/mol. The molecule has 1 saturated heterocycles. The maximum atomic E-state index is 12.4. The number of carbonyl (C=O) groups is 1. The number of morpholine rings is 1. The molecule has 0 spiro atoms. The number of unbranched alkanes of at least 4 members (excludes halogenated alkanes) is 7. The number of hydrogen-bond donors (Lipinski definition) is 1. The predicted molar refractivity (Wildman–Crippen MR) is 115 cm³/mol. The second-order valence-electron chi connectivity index (χ2n) is 7.94. The largest absolute Gasteiger partial charge is 0.494 e. The van der Waals surface area contributed by atoms with Crippen LogP contribution in [0.5, 0.6) is 5.75 Å². The van der Waals surface area contributed by atoms with E-state index in [9.17, 15) is 4.79 Å². The van der Waals surface area contributed by atoms with Crippen LogP contribution in [0.1, 0.15) is 72.1 Å². The number of nitrogens with one attached hydrogen (secondary N) is 1. The van der Waals surface area contributed by atoms with E-state index in [1.807, 2.05) is 43.0 Å². The molecule has 0 saturated carbocycles. The normalized spacial score (nSPS) is 19.5. The average molecular weight is 391 g/mol. The highest BCUT2D eigenvalue weighted by Gasteiger charge is 2.25. The molecule has 0 bridgehead atoms. The van der Waals surface area contributed by atoms with E-state index in [0.717, 1.165) is 24.5 Å². The summed E-state index contributed by atoms with van der Waals surface area (Å²) >= 11 is 0. The van der Waals surface area contributed by atoms with E-state index in [0.29, 0.717) is 13.1 Å². The fourth-order valence-electron chi connectivity index (χ4n) is 3.61. The molecule has 1 aliphatic rings. The Bertz CT molecular complexity index is 551. The molecule has 5 nitrogen and oxygen atoms in total. The number of ether oxygens (including phenoxy) is 2. The standard InChI is InChI=1S/C23H38N2O3/c1-4-5-6-7-8-9-10-11-16-27-22-14-12-21(13-15-22)24-23(26)25-17-19(2)28-20(3)18-25/h12-15,19-20H,4-11,16-18H2,1-3H3,(H,24,26)/t19-,20+. The third-order valence-electron chi connectivity index (χ3n) is 5.08. The Morgan fingerprint density at radius 2 is 1.57 bits per heavy atom. The Labute approximate surface area is 170 Å². The van der Waals surface area contributed by atoms with Gasteiger partial charge in [0.1, 0.15) is 5.75 Å². The van der Waals surface area contributed by atoms with Crippen molar-refractivity contribution in [3.05, 3.63) is 24.3 Å². The molecule has 5 heteroatoms. The zero-order chi connectivity index (χ0) is 20.2. The third-order valence-corrected chi connectivity index (χ3v) is 5.08. The molecule has 158 valence electrons. The molecule has 0 aliphatic carbocycles. The number of amides is 2. The maximum Gasteiger partial charge on any atom is 0.322 e. The van der Waals surface area contributed by atoms with Gasteiger partial charge in [-0.2, -0.15) is 0 Å². The van der Waals surface area contributed by atoms with Gasteiger partial charge >= 0.3 is 6.03 Å². The molecule has 1 N–H and O–H groups in total. The van der Waals surface area contributed by atoms with Crippen LogP contribution in [0.3, 0.4) is 0 Å². The number of rotatable bonds is 11. The van der Waals surface area contributed by atoms with Gasteiger partial charge in [0.2, 0.25) is 0 Å². The quantitative estimate of drug-likeness (QED) is 0.482. The van der Waals surface area contributed by atoms with E-state index in [1.165, 1.54) is 44.9 Å². The van der Waals surface area contributed by atoms with Crippen LogP contribution in [-0.4, -0.2) is 42.8 Å². The zero-order valence-corrected chi connectivity index (χ0v) is 17.9. The maximum absolute atomic E-state index is 12.4. The molecule has 1 heterocycles. The Hall–Kier alpha value is -1.75. The topological polar surface area (TPSA) is 50.8 Å². The summed E-state index contributed by atoms with van der Waals surface area (Å²) in [4.78, 5) is 14.2. The minimum Gasteiger partial charge on any atom is -0.494 e. The first-order valence-electron chi connectivity index (χ1n) is 11.0. The first-order valence-corrected chi connectivity index (χ1v) is 11.0. The van der Waals surface area contributed by atoms with E-state index in [2.05, 4.69) is 12.2 Å². The molecule has 0 radical (unpaired) electrons. The van der Waals surface area contributed by atoms with E-state index in [4.69, 9.17) is 9.47 Å². The molecule has 2 rings (SSSR count). The van der Waals surface area contributed by atoms with Crippen LogP contribution in [-0.2, 0) is 4.74 Å². The van der Waals surface area contributed by atoms with Gasteiger partial charge in [0.15, 0.2) is 0 Å². The summed E-state index contributed by atoms with van der Waals surface area (Å²) in [6, 6.07) is 7.56. The molecule has 1 aromatic rings. The van der Waals surface area contributed by atoms with Crippen LogP contribution in [0.15, 0.2) is 24.3 Å². The lowest BCUT2D eigenvalue weighted by Gasteiger charge is -2.35. The molecule has 0 aromatic heterocycles. The Morgan fingerprint density at radius 3 is 2.18 bits per heavy atom. The molecule has 2 atom stereocenters. The first kappa shape index (κ1) is 22.5. The van der Waals surface area contributed by atoms with Crippen molar-refractivity contribution < 1.29 is 14.3 Å². The number of urea groups is 1. The highest BCUT2D eigenvalue weighted by atomic mass is 16.5. The van der Waals surface area contributed by atoms with Crippen molar-refractivity contribution in [2.45, 2.75) is 84.3 Å². The minimum absolute atomic E-state index is 0.0709. The van der Waals surface area contributed by atoms with Gasteiger partial charge in [-0.3, -0.25) is 0 Å². The second kappa shape index (κ2) is 12.7. The van der Waals surface area contributed by atoms with Crippen LogP contribution < -0.4 is 10.1 Å². The number of nitrogens with zero attached hydrogens (tertiary/aromatic N) is 1. The van der Waals surface area contributed by atoms with Gasteiger partial charge < -0.3 is 19.7 Å². The van der Waals surface area contributed by atoms with Crippen LogP contribution in [0.4, 0.5) is 10.5 Å². The number of hydrogen-bond acceptors (Lipinski definition) is 3. The van der Waals surface area contributed by atoms with Crippen LogP contribution in [0.25, 0.3) is 0 Å². The second-order valence-corrected chi connectivity index (χ2v) is 7.94. The van der Waals surface area contributed by atoms with Crippen LogP contribution in [0, 0.1) is 0 Å². The Kier molecular flexibility index (Phi) is 10.2. The molecular weight excluding hydrogens is 352 g/mol. The van der Waals surface area contributed by atoms with Crippen molar-refractivity contribution in [3.8, 4) is 5.75 Å². The van der Waals surface area contributed by atoms with E-state index < -0.39 is 0 Å². The average Bonchev–Trinajstić information content (AvgIpc) is 2.67. The predicted octanol–water partition coefficient (Wildman–Crippen LogP) is 5.85. The first-order chi connectivity index (χ1) is 13.6. The molecule has 2 amide bonds. The fourth-order valence-corrected chi connectivity index (χ4v) is 3.61. The van der Waals surface area contributed by atoms with Crippen molar-refractivity contribution in [1.82, 2.24) is 4.90 Å². The number of anilines is 1. The van der Waals surface area contributed by atoms with E-state index in [-0.39, 0.29) is 18.2 Å². The van der Waals surface area contributed by atoms with Crippen molar-refractivity contribution >= 4 is 11.7 Å². The summed E-state index contributed by atoms with van der Waals surface area (Å²) in [6.45, 7) is 8.24. The Morgan fingerprint density at radius 1 is 1.00 bits per heavy atom. The molecule has 1 aromatic carbocycles. The van der Waals surface area contributed by atoms with Gasteiger partial charge in [-0.05, 0) is 44.5 Å². The summed E-state index contributed by atoms with van der Waals surface area (Å²) in [5.74, 6) is 0.856. The molecule has 1 aliphatic heterocycles. The van der Waals surface area contributed by atoms with Gasteiger partial charge in [0, 0.05) is 18.8 Å². The van der Waals surface area contributed by atoms with Crippen LogP contribution in [0.2, 0.25) is 0 Å². The van der Waals surface area contributed by atoms with E-state index >= 15 is 0 Å². The Balaban J connectivity index is 1.61. The van der Waals surface area contributed by atoms with E-state index in [1.54, 1.807) is 0 Å². The minimum atomic E-state index is -0.0744. The van der Waals surface area contributed by atoms with Crippen molar-refractivity contribution in [3.63, 3.8) is 0 Å². The summed E-state index contributed by atoms with van der Waals surface area (Å²) in [6.07, 6.45) is 10.5. The molecule has 0 unspecified atom stereocenters. The van der Waals surface area contributed by atoms with Gasteiger partial charge in [-0.15, -0.1) is 0 Å². The highest BCUT2D eigenvalue weighted by Crippen LogP contribution is 2.18. The number of benzene rings is 1. The van der Waals surface area contributed by atoms with Crippen molar-refractivity contribution in [2.24, 2.45) is 0 Å². The lowest BCUT2D eigenvalue weighted by molar-refractivity contribution is -0.0530. The smallest absolute Gasteiger partial charge is 0.322 e. The summed E-state index contributed by atoms with van der Waals surface area (Å²) < 4.78 is 11.5.